The van der Waals surface area contributed by atoms with Crippen LogP contribution in [-0.2, 0) is 23.3 Å². The summed E-state index contributed by atoms with van der Waals surface area (Å²) in [6, 6.07) is 2.11. The minimum absolute atomic E-state index is 0.0573. The Hall–Kier alpha value is -2.96. The van der Waals surface area contributed by atoms with Crippen molar-refractivity contribution >= 4 is 11.8 Å². The van der Waals surface area contributed by atoms with E-state index < -0.39 is 64.9 Å². The smallest absolute Gasteiger partial charge is 0.416 e. The molecule has 0 aliphatic carbocycles. The number of anilines is 1. The van der Waals surface area contributed by atoms with E-state index in [-0.39, 0.29) is 36.8 Å². The van der Waals surface area contributed by atoms with E-state index in [9.17, 15) is 49.4 Å². The quantitative estimate of drug-likeness (QED) is 0.402. The molecule has 0 saturated heterocycles. The average Bonchev–Trinajstić information content (AvgIpc) is 2.80. The third-order valence-electron chi connectivity index (χ3n) is 6.17. The number of halogens is 9. The number of fused-ring (bicyclic) bond motifs is 1. The average molecular weight is 543 g/mol. The first kappa shape index (κ1) is 28.6. The van der Waals surface area contributed by atoms with E-state index >= 15 is 0 Å². The molecule has 2 aromatic rings. The predicted molar refractivity (Wildman–Crippen MR) is 114 cm³/mol. The van der Waals surface area contributed by atoms with E-state index in [1.807, 2.05) is 0 Å². The van der Waals surface area contributed by atoms with Crippen molar-refractivity contribution in [1.82, 2.24) is 0 Å². The summed E-state index contributed by atoms with van der Waals surface area (Å²) in [7, 11) is 0. The van der Waals surface area contributed by atoms with Crippen LogP contribution in [0.25, 0.3) is 0 Å². The fraction of sp³-hybridized carbons (Fsp3) is 0.458. The minimum atomic E-state index is -5.18. The fourth-order valence-corrected chi connectivity index (χ4v) is 4.44. The van der Waals surface area contributed by atoms with Gasteiger partial charge in [0, 0.05) is 12.0 Å². The van der Waals surface area contributed by atoms with Crippen molar-refractivity contribution in [3.05, 3.63) is 64.2 Å². The molecule has 0 unspecified atom stereocenters. The summed E-state index contributed by atoms with van der Waals surface area (Å²) in [5.74, 6) is -1.36. The third-order valence-corrected chi connectivity index (χ3v) is 6.17. The Balaban J connectivity index is 2.22. The molecule has 1 aliphatic rings. The predicted octanol–water partition coefficient (Wildman–Crippen LogP) is 7.71. The van der Waals surface area contributed by atoms with Gasteiger partial charge in [0.2, 0.25) is 0 Å². The maximum Gasteiger partial charge on any atom is 0.416 e. The lowest BCUT2D eigenvalue weighted by Crippen LogP contribution is -2.45. The fourth-order valence-electron chi connectivity index (χ4n) is 4.44. The molecule has 1 aliphatic heterocycles. The van der Waals surface area contributed by atoms with Crippen LogP contribution in [0, 0.1) is 0 Å². The van der Waals surface area contributed by atoms with E-state index in [1.54, 1.807) is 6.92 Å². The van der Waals surface area contributed by atoms with Crippen LogP contribution >= 0.6 is 0 Å². The Bertz CT molecular complexity index is 1110. The molecule has 3 rings (SSSR count). The number of aliphatic hydroxyl groups excluding tert-OH is 1. The zero-order chi connectivity index (χ0) is 27.9. The van der Waals surface area contributed by atoms with Crippen LogP contribution in [0.5, 0.6) is 0 Å². The van der Waals surface area contributed by atoms with Gasteiger partial charge in [-0.05, 0) is 67.3 Å². The molecule has 0 spiro atoms. The zero-order valence-corrected chi connectivity index (χ0v) is 19.4. The van der Waals surface area contributed by atoms with Crippen LogP contribution < -0.4 is 4.90 Å². The Morgan fingerprint density at radius 3 is 1.92 bits per heavy atom. The highest BCUT2D eigenvalue weighted by Crippen LogP contribution is 2.48. The molecule has 4 nitrogen and oxygen atoms in total. The van der Waals surface area contributed by atoms with Crippen molar-refractivity contribution in [2.75, 3.05) is 11.5 Å². The van der Waals surface area contributed by atoms with Gasteiger partial charge in [0.1, 0.15) is 0 Å². The van der Waals surface area contributed by atoms with Gasteiger partial charge in [0.05, 0.1) is 35.1 Å². The number of aliphatic hydroxyl groups is 1. The van der Waals surface area contributed by atoms with E-state index in [0.717, 1.165) is 11.0 Å². The normalized spacial score (nSPS) is 19.4. The molecule has 3 atom stereocenters. The van der Waals surface area contributed by atoms with Crippen molar-refractivity contribution in [2.45, 2.75) is 63.3 Å². The molecule has 0 saturated carbocycles. The van der Waals surface area contributed by atoms with Crippen LogP contribution in [0.3, 0.4) is 0 Å². The van der Waals surface area contributed by atoms with Gasteiger partial charge < -0.3 is 9.84 Å². The summed E-state index contributed by atoms with van der Waals surface area (Å²) in [4.78, 5) is 13.7. The summed E-state index contributed by atoms with van der Waals surface area (Å²) >= 11 is 0. The molecule has 13 heteroatoms. The highest BCUT2D eigenvalue weighted by Gasteiger charge is 2.43. The van der Waals surface area contributed by atoms with Gasteiger partial charge in [-0.25, -0.2) is 4.79 Å². The van der Waals surface area contributed by atoms with Crippen molar-refractivity contribution in [2.24, 2.45) is 0 Å². The van der Waals surface area contributed by atoms with Crippen LogP contribution in [0.1, 0.15) is 66.5 Å². The number of carbonyl (C=O) groups is 1. The number of rotatable bonds is 4. The number of amides is 1. The highest BCUT2D eigenvalue weighted by atomic mass is 19.4. The number of ether oxygens (including phenoxy) is 1. The molecule has 0 fully saturated rings. The molecule has 1 amide bonds. The zero-order valence-electron chi connectivity index (χ0n) is 19.4. The van der Waals surface area contributed by atoms with Crippen LogP contribution in [0.4, 0.5) is 50.0 Å². The van der Waals surface area contributed by atoms with Crippen LogP contribution in [0.2, 0.25) is 0 Å². The summed E-state index contributed by atoms with van der Waals surface area (Å²) in [6.07, 6.45) is -18.2. The van der Waals surface area contributed by atoms with Crippen molar-refractivity contribution in [3.63, 3.8) is 0 Å². The van der Waals surface area contributed by atoms with Gasteiger partial charge in [-0.2, -0.15) is 39.5 Å². The van der Waals surface area contributed by atoms with Gasteiger partial charge in [0.25, 0.3) is 0 Å². The van der Waals surface area contributed by atoms with Gasteiger partial charge in [-0.3, -0.25) is 4.90 Å². The van der Waals surface area contributed by atoms with Crippen molar-refractivity contribution < 1.29 is 54.2 Å². The standard InChI is InChI=1S/C24H22F9NO3/c1-3-16-11-18(20(35)12-7-14(23(28,29)30)9-15(8-12)24(31,32)33)17-10-13(22(25,26)27)5-6-19(17)34(16)21(36)37-4-2/h5-10,16,18,20,35H,3-4,11H2,1-2H3/t16-,18-,20-/m0/s1. The summed E-state index contributed by atoms with van der Waals surface area (Å²) in [6.45, 7) is 3.08. The lowest BCUT2D eigenvalue weighted by molar-refractivity contribution is -0.143. The van der Waals surface area contributed by atoms with Gasteiger partial charge in [-0.15, -0.1) is 0 Å². The number of hydrogen-bond donors (Lipinski definition) is 1. The lowest BCUT2D eigenvalue weighted by atomic mass is 9.78. The second-order valence-corrected chi connectivity index (χ2v) is 8.53. The Kier molecular flexibility index (Phi) is 7.79. The molecule has 204 valence electrons. The van der Waals surface area contributed by atoms with E-state index in [1.165, 1.54) is 6.92 Å². The highest BCUT2D eigenvalue weighted by molar-refractivity contribution is 5.90. The lowest BCUT2D eigenvalue weighted by Gasteiger charge is -2.41. The molecule has 0 aromatic heterocycles. The SMILES string of the molecule is CCOC(=O)N1c2ccc(C(F)(F)F)cc2[C@@H]([C@@H](O)c2cc(C(F)(F)F)cc(C(F)(F)F)c2)C[C@@H]1CC. The molecular weight excluding hydrogens is 521 g/mol. The van der Waals surface area contributed by atoms with Crippen LogP contribution in [0.15, 0.2) is 36.4 Å². The Morgan fingerprint density at radius 2 is 1.46 bits per heavy atom. The Morgan fingerprint density at radius 1 is 0.919 bits per heavy atom. The summed E-state index contributed by atoms with van der Waals surface area (Å²) in [5, 5.41) is 11.1. The molecule has 0 bridgehead atoms. The molecule has 2 aromatic carbocycles. The first-order valence-electron chi connectivity index (χ1n) is 11.1. The Labute approximate surface area is 205 Å². The minimum Gasteiger partial charge on any atom is -0.449 e. The van der Waals surface area contributed by atoms with Crippen molar-refractivity contribution in [3.8, 4) is 0 Å². The summed E-state index contributed by atoms with van der Waals surface area (Å²) < 4.78 is 126. The number of nitrogens with zero attached hydrogens (tertiary/aromatic N) is 1. The van der Waals surface area contributed by atoms with E-state index in [4.69, 9.17) is 4.74 Å². The maximum atomic E-state index is 13.5. The second kappa shape index (κ2) is 10.1. The van der Waals surface area contributed by atoms with E-state index in [0.29, 0.717) is 24.3 Å². The third kappa shape index (κ3) is 5.97. The largest absolute Gasteiger partial charge is 0.449 e. The first-order valence-corrected chi connectivity index (χ1v) is 11.1. The molecular formula is C24H22F9NO3. The van der Waals surface area contributed by atoms with Gasteiger partial charge in [-0.1, -0.05) is 6.92 Å². The van der Waals surface area contributed by atoms with Crippen LogP contribution in [-0.4, -0.2) is 23.8 Å². The topological polar surface area (TPSA) is 49.8 Å². The number of benzene rings is 2. The van der Waals surface area contributed by atoms with Crippen molar-refractivity contribution in [1.29, 1.82) is 0 Å². The molecule has 1 heterocycles. The van der Waals surface area contributed by atoms with E-state index in [2.05, 4.69) is 0 Å². The molecule has 0 radical (unpaired) electrons. The molecule has 1 N–H and O–H groups in total. The first-order chi connectivity index (χ1) is 17.0. The van der Waals surface area contributed by atoms with Gasteiger partial charge in [0.15, 0.2) is 0 Å². The summed E-state index contributed by atoms with van der Waals surface area (Å²) in [5.41, 5.74) is -5.62. The molecule has 37 heavy (non-hydrogen) atoms. The number of hydrogen-bond acceptors (Lipinski definition) is 3. The monoisotopic (exact) mass is 543 g/mol. The van der Waals surface area contributed by atoms with Gasteiger partial charge >= 0.3 is 24.6 Å². The second-order valence-electron chi connectivity index (χ2n) is 8.53. The number of carbonyl (C=O) groups excluding carboxylic acids is 1. The number of alkyl halides is 9. The maximum absolute atomic E-state index is 13.5.